The molecule has 0 unspecified atom stereocenters. The van der Waals surface area contributed by atoms with Gasteiger partial charge in [0.1, 0.15) is 6.20 Å². The normalized spacial score (nSPS) is 15.0. The maximum absolute atomic E-state index is 13.3. The van der Waals surface area contributed by atoms with Crippen molar-refractivity contribution in [3.05, 3.63) is 94.3 Å². The zero-order valence-corrected chi connectivity index (χ0v) is 18.1. The van der Waals surface area contributed by atoms with Gasteiger partial charge in [-0.25, -0.2) is 14.5 Å². The fraction of sp³-hybridized carbons (Fsp3) is 0.154. The first-order valence-corrected chi connectivity index (χ1v) is 10.9. The van der Waals surface area contributed by atoms with Crippen LogP contribution in [-0.2, 0) is 17.8 Å². The summed E-state index contributed by atoms with van der Waals surface area (Å²) < 4.78 is 17.0. The van der Waals surface area contributed by atoms with Crippen LogP contribution < -0.4 is 14.2 Å². The van der Waals surface area contributed by atoms with E-state index in [1.165, 1.54) is 18.5 Å². The molecule has 0 amide bonds. The Labute approximate surface area is 194 Å². The van der Waals surface area contributed by atoms with Crippen LogP contribution in [0.15, 0.2) is 60.9 Å². The van der Waals surface area contributed by atoms with Gasteiger partial charge in [-0.1, -0.05) is 24.3 Å². The zero-order valence-electron chi connectivity index (χ0n) is 18.1. The van der Waals surface area contributed by atoms with E-state index in [-0.39, 0.29) is 19.2 Å². The second kappa shape index (κ2) is 8.15. The number of allylic oxidation sites excluding steroid dienone is 1. The number of rotatable bonds is 4. The minimum atomic E-state index is -0.496. The third-order valence-electron chi connectivity index (χ3n) is 6.00. The van der Waals surface area contributed by atoms with Crippen molar-refractivity contribution in [2.24, 2.45) is 0 Å². The van der Waals surface area contributed by atoms with Gasteiger partial charge in [0.25, 0.3) is 0 Å². The molecular weight excluding hydrogens is 434 g/mol. The average molecular weight is 453 g/mol. The van der Waals surface area contributed by atoms with Crippen LogP contribution in [0.3, 0.4) is 0 Å². The molecule has 0 bridgehead atoms. The number of nitrogens with zero attached hydrogens (tertiary/aromatic N) is 3. The molecular formula is C26H19N3O5. The van der Waals surface area contributed by atoms with Crippen LogP contribution in [0.25, 0.3) is 22.6 Å². The highest BCUT2D eigenvalue weighted by molar-refractivity contribution is 6.07. The van der Waals surface area contributed by atoms with Crippen molar-refractivity contribution in [3.63, 3.8) is 0 Å². The monoisotopic (exact) mass is 453 g/mol. The van der Waals surface area contributed by atoms with Gasteiger partial charge in [0, 0.05) is 11.5 Å². The molecule has 1 aliphatic heterocycles. The molecule has 2 aromatic carbocycles. The molecule has 168 valence electrons. The quantitative estimate of drug-likeness (QED) is 0.263. The van der Waals surface area contributed by atoms with Crippen LogP contribution >= 0.6 is 0 Å². The lowest BCUT2D eigenvalue weighted by molar-refractivity contribution is -0.620. The van der Waals surface area contributed by atoms with E-state index >= 15 is 0 Å². The number of para-hydroxylation sites is 1. The topological polar surface area (TPSA) is 97.5 Å². The van der Waals surface area contributed by atoms with Crippen LogP contribution in [0.4, 0.5) is 0 Å². The summed E-state index contributed by atoms with van der Waals surface area (Å²) in [5.74, 6) is 1.07. The van der Waals surface area contributed by atoms with Crippen molar-refractivity contribution in [2.75, 3.05) is 6.79 Å². The van der Waals surface area contributed by atoms with E-state index in [1.807, 2.05) is 42.5 Å². The second-order valence-electron chi connectivity index (χ2n) is 8.05. The van der Waals surface area contributed by atoms with Crippen LogP contribution in [0.2, 0.25) is 0 Å². The van der Waals surface area contributed by atoms with Gasteiger partial charge < -0.3 is 19.4 Å². The SMILES string of the molecule is O=C(OCc1nccc[n+]1[O-])c1c2c(nc3ccccc13)/C(=C\c1ccc3c(c1)OCO3)CC2. The fourth-order valence-corrected chi connectivity index (χ4v) is 4.41. The van der Waals surface area contributed by atoms with Gasteiger partial charge in [-0.05, 0) is 58.8 Å². The maximum atomic E-state index is 13.3. The Balaban J connectivity index is 1.39. The van der Waals surface area contributed by atoms with Crippen molar-refractivity contribution in [3.8, 4) is 11.5 Å². The molecule has 0 spiro atoms. The number of hydrogen-bond donors (Lipinski definition) is 0. The molecule has 4 aromatic rings. The number of pyridine rings is 1. The van der Waals surface area contributed by atoms with Crippen molar-refractivity contribution in [2.45, 2.75) is 19.4 Å². The summed E-state index contributed by atoms with van der Waals surface area (Å²) in [6, 6.07) is 14.8. The molecule has 0 saturated carbocycles. The second-order valence-corrected chi connectivity index (χ2v) is 8.05. The number of carbonyl (C=O) groups excluding carboxylic acids is 1. The first kappa shape index (κ1) is 20.2. The van der Waals surface area contributed by atoms with Gasteiger partial charge in [-0.2, -0.15) is 0 Å². The highest BCUT2D eigenvalue weighted by Gasteiger charge is 2.28. The number of benzene rings is 2. The Bertz CT molecular complexity index is 1480. The summed E-state index contributed by atoms with van der Waals surface area (Å²) in [4.78, 5) is 22.1. The number of fused-ring (bicyclic) bond motifs is 3. The number of carbonyl (C=O) groups is 1. The summed E-state index contributed by atoms with van der Waals surface area (Å²) in [6.07, 6.45) is 6.29. The van der Waals surface area contributed by atoms with E-state index in [0.717, 1.165) is 40.0 Å². The molecule has 8 heteroatoms. The Kier molecular flexibility index (Phi) is 4.83. The summed E-state index contributed by atoms with van der Waals surface area (Å²) in [5.41, 5.74) is 4.86. The molecule has 1 aliphatic carbocycles. The smallest absolute Gasteiger partial charge is 0.339 e. The van der Waals surface area contributed by atoms with E-state index in [2.05, 4.69) is 11.1 Å². The number of esters is 1. The first-order chi connectivity index (χ1) is 16.7. The number of ether oxygens (including phenoxy) is 3. The predicted molar refractivity (Wildman–Crippen MR) is 123 cm³/mol. The Morgan fingerprint density at radius 1 is 1.12 bits per heavy atom. The molecule has 2 aliphatic rings. The molecule has 0 atom stereocenters. The lowest BCUT2D eigenvalue weighted by atomic mass is 10.0. The minimum absolute atomic E-state index is 0.120. The summed E-state index contributed by atoms with van der Waals surface area (Å²) >= 11 is 0. The highest BCUT2D eigenvalue weighted by atomic mass is 16.7. The third-order valence-corrected chi connectivity index (χ3v) is 6.00. The molecule has 8 nitrogen and oxygen atoms in total. The van der Waals surface area contributed by atoms with E-state index < -0.39 is 5.97 Å². The van der Waals surface area contributed by atoms with Crippen LogP contribution in [0.5, 0.6) is 11.5 Å². The fourth-order valence-electron chi connectivity index (χ4n) is 4.41. The lowest BCUT2D eigenvalue weighted by Crippen LogP contribution is -2.33. The summed E-state index contributed by atoms with van der Waals surface area (Å²) in [5, 5.41) is 12.6. The molecule has 0 saturated heterocycles. The van der Waals surface area contributed by atoms with Crippen LogP contribution in [-0.4, -0.2) is 22.7 Å². The van der Waals surface area contributed by atoms with Gasteiger partial charge in [0.05, 0.1) is 23.0 Å². The van der Waals surface area contributed by atoms with Gasteiger partial charge in [-0.15, -0.1) is 0 Å². The van der Waals surface area contributed by atoms with Gasteiger partial charge >= 0.3 is 11.8 Å². The molecule has 2 aromatic heterocycles. The van der Waals surface area contributed by atoms with Crippen LogP contribution in [0.1, 0.15) is 39.4 Å². The Hall–Kier alpha value is -4.46. The number of hydrogen-bond acceptors (Lipinski definition) is 7. The van der Waals surface area contributed by atoms with Crippen molar-refractivity contribution in [1.29, 1.82) is 0 Å². The van der Waals surface area contributed by atoms with Crippen molar-refractivity contribution >= 4 is 28.5 Å². The van der Waals surface area contributed by atoms with E-state index in [9.17, 15) is 10.0 Å². The highest BCUT2D eigenvalue weighted by Crippen LogP contribution is 2.39. The van der Waals surface area contributed by atoms with Gasteiger partial charge in [0.15, 0.2) is 18.1 Å². The first-order valence-electron chi connectivity index (χ1n) is 10.9. The third kappa shape index (κ3) is 3.49. The standard InChI is InChI=1S/C26H19N3O5/c30-26(32-14-23-27-10-3-11-29(23)31)24-18-4-1-2-5-20(18)28-25-17(7-8-19(24)25)12-16-6-9-21-22(13-16)34-15-33-21/h1-6,9-13H,7-8,14-15H2/b17-12-. The van der Waals surface area contributed by atoms with E-state index in [1.54, 1.807) is 0 Å². The zero-order chi connectivity index (χ0) is 23.1. The molecule has 3 heterocycles. The van der Waals surface area contributed by atoms with Crippen molar-refractivity contribution in [1.82, 2.24) is 9.97 Å². The van der Waals surface area contributed by atoms with Crippen molar-refractivity contribution < 1.29 is 23.7 Å². The summed E-state index contributed by atoms with van der Waals surface area (Å²) in [6.45, 7) is 0.0105. The maximum Gasteiger partial charge on any atom is 0.339 e. The molecule has 0 radical (unpaired) electrons. The predicted octanol–water partition coefficient (Wildman–Crippen LogP) is 3.84. The average Bonchev–Trinajstić information content (AvgIpc) is 3.48. The largest absolute Gasteiger partial charge is 0.711 e. The molecule has 34 heavy (non-hydrogen) atoms. The number of aromatic nitrogens is 3. The lowest BCUT2D eigenvalue weighted by Gasteiger charge is -2.12. The Morgan fingerprint density at radius 3 is 2.91 bits per heavy atom. The van der Waals surface area contributed by atoms with Gasteiger partial charge in [0.2, 0.25) is 6.79 Å². The van der Waals surface area contributed by atoms with E-state index in [0.29, 0.717) is 28.0 Å². The van der Waals surface area contributed by atoms with E-state index in [4.69, 9.17) is 19.2 Å². The summed E-state index contributed by atoms with van der Waals surface area (Å²) in [7, 11) is 0. The minimum Gasteiger partial charge on any atom is -0.711 e. The van der Waals surface area contributed by atoms with Crippen LogP contribution in [0, 0.1) is 5.21 Å². The Morgan fingerprint density at radius 2 is 2.00 bits per heavy atom. The molecule has 0 fully saturated rings. The molecule has 0 N–H and O–H groups in total. The molecule has 6 rings (SSSR count). The van der Waals surface area contributed by atoms with Gasteiger partial charge in [-0.3, -0.25) is 0 Å².